The van der Waals surface area contributed by atoms with E-state index in [4.69, 9.17) is 11.2 Å². The zero-order valence-electron chi connectivity index (χ0n) is 11.0. The fourth-order valence-electron chi connectivity index (χ4n) is 2.65. The van der Waals surface area contributed by atoms with E-state index in [-0.39, 0.29) is 0 Å². The van der Waals surface area contributed by atoms with Crippen molar-refractivity contribution in [1.82, 2.24) is 5.32 Å². The summed E-state index contributed by atoms with van der Waals surface area (Å²) in [5.41, 5.74) is 1.34. The number of unbranched alkanes of at least 4 members (excludes halogenated alkanes) is 1. The van der Waals surface area contributed by atoms with Gasteiger partial charge in [0.05, 0.1) is 6.61 Å². The normalized spacial score (nSPS) is 18.8. The van der Waals surface area contributed by atoms with Crippen molar-refractivity contribution in [3.8, 4) is 18.1 Å². The molecule has 0 saturated carbocycles. The summed E-state index contributed by atoms with van der Waals surface area (Å²) in [5.74, 6) is 4.22. The first-order valence-corrected chi connectivity index (χ1v) is 6.75. The molecule has 0 bridgehead atoms. The molecule has 1 N–H and O–H groups in total. The average Bonchev–Trinajstić information content (AvgIpc) is 2.82. The molecule has 0 fully saturated rings. The number of ether oxygens (including phenoxy) is 1. The second kappa shape index (κ2) is 6.47. The molecule has 96 valence electrons. The van der Waals surface area contributed by atoms with E-state index < -0.39 is 0 Å². The lowest BCUT2D eigenvalue weighted by Gasteiger charge is -2.23. The van der Waals surface area contributed by atoms with Gasteiger partial charge in [-0.2, -0.15) is 0 Å². The molecular weight excluding hydrogens is 222 g/mol. The molecule has 1 heterocycles. The fourth-order valence-corrected chi connectivity index (χ4v) is 2.65. The minimum absolute atomic E-state index is 0.457. The Morgan fingerprint density at radius 3 is 3.11 bits per heavy atom. The number of hydrogen-bond donors (Lipinski definition) is 1. The van der Waals surface area contributed by atoms with Gasteiger partial charge in [-0.15, -0.1) is 12.3 Å². The summed E-state index contributed by atoms with van der Waals surface area (Å²) in [5, 5.41) is 3.58. The molecule has 1 aromatic carbocycles. The highest BCUT2D eigenvalue weighted by atomic mass is 16.5. The Labute approximate surface area is 110 Å². The summed E-state index contributed by atoms with van der Waals surface area (Å²) < 4.78 is 5.76. The van der Waals surface area contributed by atoms with E-state index in [2.05, 4.69) is 36.4 Å². The molecule has 0 radical (unpaired) electrons. The summed E-state index contributed by atoms with van der Waals surface area (Å²) in [7, 11) is 0. The van der Waals surface area contributed by atoms with Crippen molar-refractivity contribution in [3.05, 3.63) is 29.8 Å². The molecule has 0 saturated heterocycles. The lowest BCUT2D eigenvalue weighted by molar-refractivity contribution is 0.291. The molecule has 2 heteroatoms. The third kappa shape index (κ3) is 2.86. The van der Waals surface area contributed by atoms with Crippen LogP contribution in [-0.4, -0.2) is 19.2 Å². The number of fused-ring (bicyclic) bond motifs is 1. The van der Waals surface area contributed by atoms with Crippen LogP contribution in [0.5, 0.6) is 5.75 Å². The van der Waals surface area contributed by atoms with Crippen molar-refractivity contribution in [2.24, 2.45) is 0 Å². The number of likely N-dealkylation sites (N-methyl/N-ethyl adjacent to an activating group) is 1. The highest BCUT2D eigenvalue weighted by Crippen LogP contribution is 2.36. The Balaban J connectivity index is 2.05. The minimum atomic E-state index is 0.457. The van der Waals surface area contributed by atoms with Gasteiger partial charge < -0.3 is 10.1 Å². The van der Waals surface area contributed by atoms with Crippen molar-refractivity contribution in [2.75, 3.05) is 13.2 Å². The lowest BCUT2D eigenvalue weighted by Crippen LogP contribution is -2.35. The summed E-state index contributed by atoms with van der Waals surface area (Å²) in [4.78, 5) is 0. The molecule has 0 aromatic heterocycles. The second-order valence-electron chi connectivity index (χ2n) is 4.72. The number of hydrogen-bond acceptors (Lipinski definition) is 2. The molecule has 18 heavy (non-hydrogen) atoms. The summed E-state index contributed by atoms with van der Waals surface area (Å²) in [6.07, 6.45) is 8.37. The summed E-state index contributed by atoms with van der Waals surface area (Å²) in [6.45, 7) is 3.92. The van der Waals surface area contributed by atoms with Crippen LogP contribution in [-0.2, 0) is 0 Å². The molecule has 1 aliphatic rings. The number of nitrogens with one attached hydrogen (secondary N) is 1. The van der Waals surface area contributed by atoms with Crippen LogP contribution in [0.4, 0.5) is 0 Å². The largest absolute Gasteiger partial charge is 0.493 e. The number of rotatable bonds is 6. The molecule has 2 unspecified atom stereocenters. The van der Waals surface area contributed by atoms with Gasteiger partial charge in [0.1, 0.15) is 5.75 Å². The number of para-hydroxylation sites is 1. The van der Waals surface area contributed by atoms with Crippen LogP contribution < -0.4 is 10.1 Å². The first kappa shape index (κ1) is 13.0. The van der Waals surface area contributed by atoms with Gasteiger partial charge in [-0.1, -0.05) is 25.1 Å². The molecule has 2 rings (SSSR count). The Morgan fingerprint density at radius 2 is 2.33 bits per heavy atom. The monoisotopic (exact) mass is 243 g/mol. The second-order valence-corrected chi connectivity index (χ2v) is 4.72. The van der Waals surface area contributed by atoms with E-state index in [0.717, 1.165) is 38.2 Å². The van der Waals surface area contributed by atoms with Gasteiger partial charge in [0.25, 0.3) is 0 Å². The Kier molecular flexibility index (Phi) is 4.66. The molecule has 0 spiro atoms. The predicted octanol–water partition coefficient (Wildman–Crippen LogP) is 2.94. The van der Waals surface area contributed by atoms with Gasteiger partial charge >= 0.3 is 0 Å². The SMILES string of the molecule is C#CCCCC(NCC)C1COc2ccccc21. The van der Waals surface area contributed by atoms with Crippen LogP contribution in [0.25, 0.3) is 0 Å². The molecule has 1 aromatic rings. The van der Waals surface area contributed by atoms with Crippen molar-refractivity contribution in [2.45, 2.75) is 38.1 Å². The maximum Gasteiger partial charge on any atom is 0.122 e. The van der Waals surface area contributed by atoms with Crippen LogP contribution in [0, 0.1) is 12.3 Å². The fraction of sp³-hybridized carbons (Fsp3) is 0.500. The van der Waals surface area contributed by atoms with Crippen molar-refractivity contribution < 1.29 is 4.74 Å². The Hall–Kier alpha value is -1.46. The van der Waals surface area contributed by atoms with Gasteiger partial charge in [0, 0.05) is 23.9 Å². The quantitative estimate of drug-likeness (QED) is 0.612. The first-order chi connectivity index (χ1) is 8.86. The van der Waals surface area contributed by atoms with Crippen molar-refractivity contribution >= 4 is 0 Å². The standard InChI is InChI=1S/C16H21NO/c1-3-5-6-10-15(17-4-2)14-12-18-16-11-8-7-9-13(14)16/h1,7-9,11,14-15,17H,4-6,10,12H2,2H3. The van der Waals surface area contributed by atoms with E-state index in [0.29, 0.717) is 12.0 Å². The maximum absolute atomic E-state index is 5.76. The Morgan fingerprint density at radius 1 is 1.50 bits per heavy atom. The van der Waals surface area contributed by atoms with Crippen molar-refractivity contribution in [3.63, 3.8) is 0 Å². The van der Waals surface area contributed by atoms with Crippen LogP contribution in [0.15, 0.2) is 24.3 Å². The van der Waals surface area contributed by atoms with Crippen LogP contribution >= 0.6 is 0 Å². The Bertz CT molecular complexity index is 421. The third-order valence-electron chi connectivity index (χ3n) is 3.53. The lowest BCUT2D eigenvalue weighted by atomic mass is 9.90. The molecule has 2 atom stereocenters. The molecule has 1 aliphatic heterocycles. The van der Waals surface area contributed by atoms with E-state index in [1.165, 1.54) is 5.56 Å². The van der Waals surface area contributed by atoms with Gasteiger partial charge in [0.2, 0.25) is 0 Å². The highest BCUT2D eigenvalue weighted by Gasteiger charge is 2.30. The zero-order valence-corrected chi connectivity index (χ0v) is 11.0. The van der Waals surface area contributed by atoms with E-state index >= 15 is 0 Å². The van der Waals surface area contributed by atoms with Crippen molar-refractivity contribution in [1.29, 1.82) is 0 Å². The number of terminal acetylenes is 1. The van der Waals surface area contributed by atoms with Crippen LogP contribution in [0.2, 0.25) is 0 Å². The van der Waals surface area contributed by atoms with Gasteiger partial charge in [-0.05, 0) is 25.5 Å². The third-order valence-corrected chi connectivity index (χ3v) is 3.53. The van der Waals surface area contributed by atoms with Crippen LogP contribution in [0.3, 0.4) is 0 Å². The van der Waals surface area contributed by atoms with Gasteiger partial charge in [-0.25, -0.2) is 0 Å². The van der Waals surface area contributed by atoms with Crippen LogP contribution in [0.1, 0.15) is 37.7 Å². The predicted molar refractivity (Wildman–Crippen MR) is 74.8 cm³/mol. The average molecular weight is 243 g/mol. The number of benzene rings is 1. The van der Waals surface area contributed by atoms with Gasteiger partial charge in [0.15, 0.2) is 0 Å². The van der Waals surface area contributed by atoms with Gasteiger partial charge in [-0.3, -0.25) is 0 Å². The zero-order chi connectivity index (χ0) is 12.8. The maximum atomic E-state index is 5.76. The summed E-state index contributed by atoms with van der Waals surface area (Å²) >= 11 is 0. The molecule has 0 aliphatic carbocycles. The van der Waals surface area contributed by atoms with E-state index in [1.807, 2.05) is 6.07 Å². The van der Waals surface area contributed by atoms with E-state index in [9.17, 15) is 0 Å². The molecular formula is C16H21NO. The molecule has 2 nitrogen and oxygen atoms in total. The highest BCUT2D eigenvalue weighted by molar-refractivity contribution is 5.40. The summed E-state index contributed by atoms with van der Waals surface area (Å²) in [6, 6.07) is 8.82. The smallest absolute Gasteiger partial charge is 0.122 e. The minimum Gasteiger partial charge on any atom is -0.493 e. The first-order valence-electron chi connectivity index (χ1n) is 6.75. The molecule has 0 amide bonds. The van der Waals surface area contributed by atoms with E-state index in [1.54, 1.807) is 0 Å². The topological polar surface area (TPSA) is 21.3 Å².